The van der Waals surface area contributed by atoms with E-state index in [1.54, 1.807) is 32.0 Å². The number of rotatable bonds is 6. The van der Waals surface area contributed by atoms with Crippen LogP contribution in [0.15, 0.2) is 30.4 Å². The van der Waals surface area contributed by atoms with Gasteiger partial charge in [-0.25, -0.2) is 4.79 Å². The van der Waals surface area contributed by atoms with Crippen molar-refractivity contribution in [1.82, 2.24) is 16.2 Å². The number of esters is 1. The third-order valence-corrected chi connectivity index (χ3v) is 3.14. The number of hydrazine groups is 1. The summed E-state index contributed by atoms with van der Waals surface area (Å²) in [6.07, 6.45) is 1.92. The van der Waals surface area contributed by atoms with Crippen LogP contribution < -0.4 is 20.9 Å². The van der Waals surface area contributed by atoms with Crippen molar-refractivity contribution in [2.45, 2.75) is 13.8 Å². The largest absolute Gasteiger partial charge is 0.483 e. The van der Waals surface area contributed by atoms with Crippen molar-refractivity contribution in [3.05, 3.63) is 40.9 Å². The van der Waals surface area contributed by atoms with Gasteiger partial charge in [0.25, 0.3) is 5.91 Å². The van der Waals surface area contributed by atoms with Crippen LogP contribution in [-0.4, -0.2) is 36.1 Å². The number of benzene rings is 1. The second-order valence-electron chi connectivity index (χ2n) is 4.78. The van der Waals surface area contributed by atoms with Gasteiger partial charge in [0.15, 0.2) is 11.7 Å². The molecule has 0 unspecified atom stereocenters. The van der Waals surface area contributed by atoms with Crippen molar-refractivity contribution in [2.75, 3.05) is 13.2 Å². The monoisotopic (exact) mass is 399 g/mol. The molecule has 0 heterocycles. The Bertz CT molecular complexity index is 724. The SMILES string of the molecule is CCOC(=O)C=CC(=O)NC(=S)NNC(=O)COc1ccc(Cl)cc1C. The fraction of sp³-hybridized carbons (Fsp3) is 0.250. The minimum Gasteiger partial charge on any atom is -0.483 e. The third-order valence-electron chi connectivity index (χ3n) is 2.71. The summed E-state index contributed by atoms with van der Waals surface area (Å²) in [5.41, 5.74) is 5.38. The maximum atomic E-state index is 11.7. The Hall–Kier alpha value is -2.65. The molecule has 3 N–H and O–H groups in total. The van der Waals surface area contributed by atoms with Crippen LogP contribution in [0.1, 0.15) is 12.5 Å². The highest BCUT2D eigenvalue weighted by atomic mass is 35.5. The molecule has 0 spiro atoms. The molecule has 2 amide bonds. The zero-order chi connectivity index (χ0) is 19.5. The number of ether oxygens (including phenoxy) is 2. The van der Waals surface area contributed by atoms with Gasteiger partial charge in [-0.15, -0.1) is 0 Å². The Labute approximate surface area is 160 Å². The van der Waals surface area contributed by atoms with Gasteiger partial charge in [-0.2, -0.15) is 0 Å². The molecule has 10 heteroatoms. The Morgan fingerprint density at radius 2 is 1.96 bits per heavy atom. The van der Waals surface area contributed by atoms with Gasteiger partial charge in [-0.05, 0) is 49.8 Å². The number of hydrogen-bond donors (Lipinski definition) is 3. The fourth-order valence-electron chi connectivity index (χ4n) is 1.60. The van der Waals surface area contributed by atoms with E-state index in [0.717, 1.165) is 17.7 Å². The molecule has 1 aromatic carbocycles. The van der Waals surface area contributed by atoms with E-state index in [9.17, 15) is 14.4 Å². The first kappa shape index (κ1) is 21.4. The van der Waals surface area contributed by atoms with Crippen molar-refractivity contribution in [3.8, 4) is 5.75 Å². The summed E-state index contributed by atoms with van der Waals surface area (Å²) in [5.74, 6) is -1.30. The molecule has 0 aliphatic carbocycles. The van der Waals surface area contributed by atoms with Crippen LogP contribution in [-0.2, 0) is 19.1 Å². The van der Waals surface area contributed by atoms with Crippen molar-refractivity contribution >= 4 is 46.7 Å². The first-order chi connectivity index (χ1) is 12.3. The van der Waals surface area contributed by atoms with Gasteiger partial charge >= 0.3 is 5.97 Å². The van der Waals surface area contributed by atoms with Crippen molar-refractivity contribution < 1.29 is 23.9 Å². The lowest BCUT2D eigenvalue weighted by Gasteiger charge is -2.11. The predicted molar refractivity (Wildman–Crippen MR) is 99.5 cm³/mol. The molecule has 0 bridgehead atoms. The molecule has 1 aromatic rings. The molecule has 1 rings (SSSR count). The average Bonchev–Trinajstić information content (AvgIpc) is 2.57. The van der Waals surface area contributed by atoms with Crippen LogP contribution in [0, 0.1) is 6.92 Å². The number of halogens is 1. The maximum absolute atomic E-state index is 11.7. The number of amides is 2. The smallest absolute Gasteiger partial charge is 0.330 e. The lowest BCUT2D eigenvalue weighted by Crippen LogP contribution is -2.49. The number of nitrogens with one attached hydrogen (secondary N) is 3. The minimum absolute atomic E-state index is 0.153. The molecule has 0 saturated heterocycles. The fourth-order valence-corrected chi connectivity index (χ4v) is 1.98. The van der Waals surface area contributed by atoms with Gasteiger partial charge in [0.1, 0.15) is 5.75 Å². The number of aryl methyl sites for hydroxylation is 1. The van der Waals surface area contributed by atoms with E-state index >= 15 is 0 Å². The van der Waals surface area contributed by atoms with E-state index in [-0.39, 0.29) is 18.3 Å². The van der Waals surface area contributed by atoms with Gasteiger partial charge in [0.05, 0.1) is 6.61 Å². The molecular weight excluding hydrogens is 382 g/mol. The van der Waals surface area contributed by atoms with E-state index in [2.05, 4.69) is 20.9 Å². The molecule has 0 atom stereocenters. The normalized spacial score (nSPS) is 10.1. The van der Waals surface area contributed by atoms with Crippen LogP contribution >= 0.6 is 23.8 Å². The summed E-state index contributed by atoms with van der Waals surface area (Å²) in [6, 6.07) is 5.01. The van der Waals surface area contributed by atoms with Gasteiger partial charge in [-0.3, -0.25) is 25.8 Å². The summed E-state index contributed by atoms with van der Waals surface area (Å²) in [4.78, 5) is 34.3. The molecule has 26 heavy (non-hydrogen) atoms. The molecule has 0 fully saturated rings. The summed E-state index contributed by atoms with van der Waals surface area (Å²) >= 11 is 10.7. The zero-order valence-corrected chi connectivity index (χ0v) is 15.7. The van der Waals surface area contributed by atoms with E-state index in [1.165, 1.54) is 0 Å². The summed E-state index contributed by atoms with van der Waals surface area (Å²) in [7, 11) is 0. The maximum Gasteiger partial charge on any atom is 0.330 e. The van der Waals surface area contributed by atoms with Crippen LogP contribution in [0.2, 0.25) is 5.02 Å². The number of thiocarbonyl (C=S) groups is 1. The Balaban J connectivity index is 2.32. The highest BCUT2D eigenvalue weighted by Crippen LogP contribution is 2.21. The Morgan fingerprint density at radius 3 is 2.62 bits per heavy atom. The minimum atomic E-state index is -0.655. The molecular formula is C16H18ClN3O5S. The standard InChI is InChI=1S/C16H18ClN3O5S/c1-3-24-15(23)7-6-13(21)18-16(26)20-19-14(22)9-25-12-5-4-11(17)8-10(12)2/h4-8H,3,9H2,1-2H3,(H,19,22)(H2,18,20,21,26). The number of carbonyl (C=O) groups excluding carboxylic acids is 3. The quantitative estimate of drug-likeness (QED) is 0.285. The molecule has 0 aromatic heterocycles. The van der Waals surface area contributed by atoms with Crippen molar-refractivity contribution in [3.63, 3.8) is 0 Å². The van der Waals surface area contributed by atoms with Crippen LogP contribution in [0.5, 0.6) is 5.75 Å². The van der Waals surface area contributed by atoms with Crippen LogP contribution in [0.4, 0.5) is 0 Å². The molecule has 0 saturated carbocycles. The van der Waals surface area contributed by atoms with Gasteiger partial charge in [0.2, 0.25) is 5.91 Å². The second-order valence-corrected chi connectivity index (χ2v) is 5.62. The lowest BCUT2D eigenvalue weighted by molar-refractivity contribution is -0.137. The third kappa shape index (κ3) is 8.45. The van der Waals surface area contributed by atoms with Gasteiger partial charge in [-0.1, -0.05) is 11.6 Å². The van der Waals surface area contributed by atoms with Crippen molar-refractivity contribution in [2.24, 2.45) is 0 Å². The topological polar surface area (TPSA) is 106 Å². The second kappa shape index (κ2) is 11.1. The van der Waals surface area contributed by atoms with Gasteiger partial charge < -0.3 is 9.47 Å². The average molecular weight is 400 g/mol. The van der Waals surface area contributed by atoms with E-state index in [0.29, 0.717) is 10.8 Å². The summed E-state index contributed by atoms with van der Waals surface area (Å²) < 4.78 is 9.97. The Morgan fingerprint density at radius 1 is 1.23 bits per heavy atom. The van der Waals surface area contributed by atoms with Crippen molar-refractivity contribution in [1.29, 1.82) is 0 Å². The first-order valence-electron chi connectivity index (χ1n) is 7.45. The molecule has 0 aliphatic heterocycles. The summed E-state index contributed by atoms with van der Waals surface area (Å²) in [6.45, 7) is 3.38. The van der Waals surface area contributed by atoms with E-state index in [4.69, 9.17) is 28.6 Å². The predicted octanol–water partition coefficient (Wildman–Crippen LogP) is 1.17. The van der Waals surface area contributed by atoms with Crippen LogP contribution in [0.25, 0.3) is 0 Å². The summed E-state index contributed by atoms with van der Waals surface area (Å²) in [5, 5.41) is 2.65. The zero-order valence-electron chi connectivity index (χ0n) is 14.1. The molecule has 0 radical (unpaired) electrons. The van der Waals surface area contributed by atoms with E-state index in [1.807, 2.05) is 0 Å². The molecule has 8 nitrogen and oxygen atoms in total. The molecule has 140 valence electrons. The van der Waals surface area contributed by atoms with Gasteiger partial charge in [0, 0.05) is 17.2 Å². The van der Waals surface area contributed by atoms with E-state index < -0.39 is 17.8 Å². The highest BCUT2D eigenvalue weighted by Gasteiger charge is 2.07. The first-order valence-corrected chi connectivity index (χ1v) is 8.24. The lowest BCUT2D eigenvalue weighted by atomic mass is 10.2. The highest BCUT2D eigenvalue weighted by molar-refractivity contribution is 7.80. The molecule has 0 aliphatic rings. The van der Waals surface area contributed by atoms with Crippen LogP contribution in [0.3, 0.4) is 0 Å². The Kier molecular flexibility index (Phi) is 9.10. The number of carbonyl (C=O) groups is 3. The number of hydrogen-bond acceptors (Lipinski definition) is 6.